The molecule has 0 aliphatic heterocycles. The second-order valence-electron chi connectivity index (χ2n) is 3.50. The molecule has 0 unspecified atom stereocenters. The van der Waals surface area contributed by atoms with E-state index in [9.17, 15) is 0 Å². The van der Waals surface area contributed by atoms with Crippen molar-refractivity contribution in [3.8, 4) is 0 Å². The summed E-state index contributed by atoms with van der Waals surface area (Å²) >= 11 is 0. The Morgan fingerprint density at radius 3 is 2.33 bits per heavy atom. The Kier molecular flexibility index (Phi) is 3.48. The fourth-order valence-corrected chi connectivity index (χ4v) is 2.37. The van der Waals surface area contributed by atoms with Gasteiger partial charge < -0.3 is 0 Å². The van der Waals surface area contributed by atoms with Gasteiger partial charge in [0.1, 0.15) is 0 Å². The zero-order valence-corrected chi connectivity index (χ0v) is 8.95. The van der Waals surface area contributed by atoms with Gasteiger partial charge in [-0.05, 0) is 21.7 Å². The van der Waals surface area contributed by atoms with Gasteiger partial charge in [-0.3, -0.25) is 0 Å². The molecule has 1 rings (SSSR count). The van der Waals surface area contributed by atoms with Crippen LogP contribution in [0.3, 0.4) is 0 Å². The van der Waals surface area contributed by atoms with E-state index in [0.29, 0.717) is 0 Å². The van der Waals surface area contributed by atoms with Crippen molar-refractivity contribution in [2.45, 2.75) is 19.3 Å². The molecule has 0 aliphatic rings. The molecule has 0 radical (unpaired) electrons. The zero-order valence-electron chi connectivity index (χ0n) is 7.38. The van der Waals surface area contributed by atoms with E-state index in [4.69, 9.17) is 10.7 Å². The molecule has 66 valence electrons. The monoisotopic (exact) mass is 200 g/mol. The van der Waals surface area contributed by atoms with Crippen LogP contribution in [-0.4, -0.2) is 5.75 Å². The third kappa shape index (κ3) is 2.43. The van der Waals surface area contributed by atoms with E-state index in [1.54, 1.807) is 0 Å². The van der Waals surface area contributed by atoms with Gasteiger partial charge in [0.05, 0.1) is 0 Å². The lowest BCUT2D eigenvalue weighted by atomic mass is 9.87. The molecule has 0 aromatic heterocycles. The van der Waals surface area contributed by atoms with Crippen molar-refractivity contribution in [2.24, 2.45) is 0 Å². The van der Waals surface area contributed by atoms with Crippen LogP contribution >= 0.6 is 21.7 Å². The Balaban J connectivity index is 2.82. The predicted octanol–water partition coefficient (Wildman–Crippen LogP) is 3.85. The Hall–Kier alpha value is -0.140. The van der Waals surface area contributed by atoms with Gasteiger partial charge in [-0.1, -0.05) is 55.2 Å². The molecule has 0 nitrogen and oxygen atoms in total. The Morgan fingerprint density at radius 1 is 1.25 bits per heavy atom. The molecular formula is C10H13ClS. The maximum absolute atomic E-state index is 5.65. The van der Waals surface area contributed by atoms with Crippen LogP contribution in [0.2, 0.25) is 0 Å². The summed E-state index contributed by atoms with van der Waals surface area (Å²) in [5.74, 6) is 0.943. The summed E-state index contributed by atoms with van der Waals surface area (Å²) in [7, 11) is 7.03. The fourth-order valence-electron chi connectivity index (χ4n) is 1.11. The first-order chi connectivity index (χ1) is 5.67. The summed E-state index contributed by atoms with van der Waals surface area (Å²) in [4.78, 5) is 0. The number of hydrogen-bond acceptors (Lipinski definition) is 1. The van der Waals surface area contributed by atoms with E-state index >= 15 is 0 Å². The first-order valence-electron chi connectivity index (χ1n) is 3.96. The van der Waals surface area contributed by atoms with Crippen LogP contribution in [0.15, 0.2) is 30.3 Å². The first kappa shape index (κ1) is 9.94. The van der Waals surface area contributed by atoms with Gasteiger partial charge in [0.25, 0.3) is 0 Å². The average molecular weight is 201 g/mol. The van der Waals surface area contributed by atoms with Crippen molar-refractivity contribution in [1.82, 2.24) is 0 Å². The SMILES string of the molecule is CC(C)(CSCl)c1ccccc1. The van der Waals surface area contributed by atoms with Crippen molar-refractivity contribution in [1.29, 1.82) is 0 Å². The topological polar surface area (TPSA) is 0 Å². The van der Waals surface area contributed by atoms with Crippen molar-refractivity contribution in [3.05, 3.63) is 35.9 Å². The second kappa shape index (κ2) is 4.20. The first-order valence-corrected chi connectivity index (χ1v) is 5.77. The lowest BCUT2D eigenvalue weighted by Gasteiger charge is -2.23. The van der Waals surface area contributed by atoms with Crippen LogP contribution in [0.25, 0.3) is 0 Å². The summed E-state index contributed by atoms with van der Waals surface area (Å²) in [6.45, 7) is 4.41. The van der Waals surface area contributed by atoms with Crippen LogP contribution in [0.1, 0.15) is 19.4 Å². The average Bonchev–Trinajstić information content (AvgIpc) is 2.06. The van der Waals surface area contributed by atoms with Crippen molar-refractivity contribution in [2.75, 3.05) is 5.75 Å². The highest BCUT2D eigenvalue weighted by Crippen LogP contribution is 2.28. The molecule has 2 heteroatoms. The third-order valence-electron chi connectivity index (χ3n) is 1.97. The minimum Gasteiger partial charge on any atom is -0.0622 e. The smallest absolute Gasteiger partial charge is 0.0177 e. The summed E-state index contributed by atoms with van der Waals surface area (Å²) in [6.07, 6.45) is 0. The van der Waals surface area contributed by atoms with Gasteiger partial charge in [0.15, 0.2) is 0 Å². The van der Waals surface area contributed by atoms with Gasteiger partial charge in [-0.2, -0.15) is 0 Å². The van der Waals surface area contributed by atoms with Crippen molar-refractivity contribution >= 4 is 21.7 Å². The zero-order chi connectivity index (χ0) is 9.03. The van der Waals surface area contributed by atoms with Crippen molar-refractivity contribution in [3.63, 3.8) is 0 Å². The molecule has 0 aliphatic carbocycles. The standard InChI is InChI=1S/C10H13ClS/c1-10(2,8-12-11)9-6-4-3-5-7-9/h3-7H,8H2,1-2H3. The summed E-state index contributed by atoms with van der Waals surface area (Å²) in [5, 5.41) is 0. The number of rotatable bonds is 3. The Morgan fingerprint density at radius 2 is 1.83 bits per heavy atom. The van der Waals surface area contributed by atoms with E-state index in [1.165, 1.54) is 16.5 Å². The van der Waals surface area contributed by atoms with E-state index in [1.807, 2.05) is 6.07 Å². The molecule has 1 aromatic carbocycles. The van der Waals surface area contributed by atoms with Crippen LogP contribution in [-0.2, 0) is 5.41 Å². The molecule has 0 spiro atoms. The lowest BCUT2D eigenvalue weighted by Crippen LogP contribution is -2.19. The van der Waals surface area contributed by atoms with Crippen LogP contribution < -0.4 is 0 Å². The Bertz CT molecular complexity index is 231. The molecule has 0 saturated carbocycles. The summed E-state index contributed by atoms with van der Waals surface area (Å²) in [6, 6.07) is 10.5. The highest BCUT2D eigenvalue weighted by Gasteiger charge is 2.19. The van der Waals surface area contributed by atoms with Gasteiger partial charge in [-0.15, -0.1) is 0 Å². The largest absolute Gasteiger partial charge is 0.0622 e. The normalized spacial score (nSPS) is 11.6. The number of benzene rings is 1. The highest BCUT2D eigenvalue weighted by molar-refractivity contribution is 8.21. The van der Waals surface area contributed by atoms with Crippen LogP contribution in [0.5, 0.6) is 0 Å². The van der Waals surface area contributed by atoms with E-state index < -0.39 is 0 Å². The molecule has 0 bridgehead atoms. The predicted molar refractivity (Wildman–Crippen MR) is 57.8 cm³/mol. The quantitative estimate of drug-likeness (QED) is 0.714. The molecular weight excluding hydrogens is 188 g/mol. The molecule has 0 N–H and O–H groups in total. The molecule has 0 amide bonds. The third-order valence-corrected chi connectivity index (χ3v) is 3.13. The maximum atomic E-state index is 5.65. The van der Waals surface area contributed by atoms with E-state index in [0.717, 1.165) is 5.75 Å². The van der Waals surface area contributed by atoms with Crippen LogP contribution in [0, 0.1) is 0 Å². The van der Waals surface area contributed by atoms with Gasteiger partial charge >= 0.3 is 0 Å². The molecule has 0 fully saturated rings. The molecule has 1 aromatic rings. The molecule has 12 heavy (non-hydrogen) atoms. The number of hydrogen-bond donors (Lipinski definition) is 0. The molecule has 0 saturated heterocycles. The molecule has 0 atom stereocenters. The van der Waals surface area contributed by atoms with Gasteiger partial charge in [0.2, 0.25) is 0 Å². The van der Waals surface area contributed by atoms with Crippen LogP contribution in [0.4, 0.5) is 0 Å². The van der Waals surface area contributed by atoms with Gasteiger partial charge in [-0.25, -0.2) is 0 Å². The molecule has 0 heterocycles. The second-order valence-corrected chi connectivity index (χ2v) is 4.66. The summed E-state index contributed by atoms with van der Waals surface area (Å²) in [5.41, 5.74) is 1.52. The van der Waals surface area contributed by atoms with Crippen molar-refractivity contribution < 1.29 is 0 Å². The maximum Gasteiger partial charge on any atom is 0.0177 e. The lowest BCUT2D eigenvalue weighted by molar-refractivity contribution is 0.603. The van der Waals surface area contributed by atoms with E-state index in [-0.39, 0.29) is 5.41 Å². The highest BCUT2D eigenvalue weighted by atomic mass is 35.7. The minimum absolute atomic E-state index is 0.174. The Labute approximate surface area is 82.8 Å². The minimum atomic E-state index is 0.174. The van der Waals surface area contributed by atoms with E-state index in [2.05, 4.69) is 38.1 Å². The fraction of sp³-hybridized carbons (Fsp3) is 0.400. The van der Waals surface area contributed by atoms with Gasteiger partial charge in [0, 0.05) is 5.75 Å². The number of halogens is 1. The summed E-state index contributed by atoms with van der Waals surface area (Å²) < 4.78 is 0.